The van der Waals surface area contributed by atoms with Gasteiger partial charge in [-0.3, -0.25) is 4.79 Å². The van der Waals surface area contributed by atoms with Gasteiger partial charge in [0.1, 0.15) is 11.6 Å². The molecule has 0 fully saturated rings. The Morgan fingerprint density at radius 3 is 2.06 bits per heavy atom. The Kier molecular flexibility index (Phi) is 8.79. The fraction of sp³-hybridized carbons (Fsp3) is 0.269. The van der Waals surface area contributed by atoms with Gasteiger partial charge in [-0.2, -0.15) is 0 Å². The maximum absolute atomic E-state index is 13.0. The van der Waals surface area contributed by atoms with Crippen molar-refractivity contribution in [1.82, 2.24) is 15.4 Å². The standard InChI is InChI=1S/C26H27Cl2N3O5/c1-5-26(17-6-10-19(27)11-7-17,18-8-12-20(28)13-9-18)31(3)36-25(34)16(2)30-24(33)22-23(32)21(35-4)14-15-29-22/h6-16,32H,5H2,1-4H3,(H,30,33). The summed E-state index contributed by atoms with van der Waals surface area (Å²) in [5.41, 5.74) is 0.539. The summed E-state index contributed by atoms with van der Waals surface area (Å²) in [7, 11) is 3.00. The molecule has 10 heteroatoms. The molecular weight excluding hydrogens is 505 g/mol. The molecule has 1 amide bonds. The summed E-state index contributed by atoms with van der Waals surface area (Å²) in [6, 6.07) is 14.9. The lowest BCUT2D eigenvalue weighted by molar-refractivity contribution is -0.210. The number of nitrogens with zero attached hydrogens (tertiary/aromatic N) is 2. The monoisotopic (exact) mass is 531 g/mol. The Bertz CT molecular complexity index is 1170. The van der Waals surface area contributed by atoms with Crippen molar-refractivity contribution in [3.8, 4) is 11.5 Å². The van der Waals surface area contributed by atoms with Gasteiger partial charge < -0.3 is 20.0 Å². The zero-order valence-corrected chi connectivity index (χ0v) is 21.8. The molecule has 1 aromatic heterocycles. The molecule has 8 nitrogen and oxygen atoms in total. The van der Waals surface area contributed by atoms with E-state index in [-0.39, 0.29) is 11.4 Å². The van der Waals surface area contributed by atoms with E-state index in [9.17, 15) is 14.7 Å². The maximum Gasteiger partial charge on any atom is 0.347 e. The van der Waals surface area contributed by atoms with Crippen molar-refractivity contribution in [1.29, 1.82) is 0 Å². The first-order valence-corrected chi connectivity index (χ1v) is 11.9. The Morgan fingerprint density at radius 2 is 1.58 bits per heavy atom. The number of hydrogen-bond donors (Lipinski definition) is 2. The molecule has 1 atom stereocenters. The molecule has 190 valence electrons. The van der Waals surface area contributed by atoms with Crippen molar-refractivity contribution in [2.24, 2.45) is 0 Å². The summed E-state index contributed by atoms with van der Waals surface area (Å²) in [6.45, 7) is 3.44. The average molecular weight is 532 g/mol. The lowest BCUT2D eigenvalue weighted by atomic mass is 9.80. The van der Waals surface area contributed by atoms with Crippen LogP contribution >= 0.6 is 23.2 Å². The Balaban J connectivity index is 1.86. The van der Waals surface area contributed by atoms with Gasteiger partial charge >= 0.3 is 5.97 Å². The van der Waals surface area contributed by atoms with E-state index in [4.69, 9.17) is 32.8 Å². The molecule has 0 aliphatic rings. The van der Waals surface area contributed by atoms with Gasteiger partial charge in [-0.25, -0.2) is 9.78 Å². The zero-order chi connectivity index (χ0) is 26.5. The molecule has 0 spiro atoms. The number of rotatable bonds is 9. The summed E-state index contributed by atoms with van der Waals surface area (Å²) in [4.78, 5) is 35.3. The first-order chi connectivity index (χ1) is 17.1. The first kappa shape index (κ1) is 27.3. The number of amides is 1. The zero-order valence-electron chi connectivity index (χ0n) is 20.3. The minimum Gasteiger partial charge on any atom is -0.503 e. The molecule has 0 radical (unpaired) electrons. The fourth-order valence-corrected chi connectivity index (χ4v) is 4.25. The van der Waals surface area contributed by atoms with Gasteiger partial charge in [0, 0.05) is 29.4 Å². The lowest BCUT2D eigenvalue weighted by Crippen LogP contribution is -2.49. The van der Waals surface area contributed by atoms with E-state index in [2.05, 4.69) is 10.3 Å². The van der Waals surface area contributed by atoms with Crippen molar-refractivity contribution in [2.45, 2.75) is 31.8 Å². The smallest absolute Gasteiger partial charge is 0.347 e. The van der Waals surface area contributed by atoms with Crippen molar-refractivity contribution in [2.75, 3.05) is 14.2 Å². The highest BCUT2D eigenvalue weighted by molar-refractivity contribution is 6.30. The molecule has 2 N–H and O–H groups in total. The molecule has 36 heavy (non-hydrogen) atoms. The van der Waals surface area contributed by atoms with Gasteiger partial charge in [-0.05, 0) is 48.7 Å². The van der Waals surface area contributed by atoms with Crippen LogP contribution < -0.4 is 10.1 Å². The third kappa shape index (κ3) is 5.56. The van der Waals surface area contributed by atoms with Crippen LogP contribution in [0.4, 0.5) is 0 Å². The molecule has 1 heterocycles. The van der Waals surface area contributed by atoms with Crippen LogP contribution in [-0.4, -0.2) is 47.2 Å². The molecule has 0 bridgehead atoms. The number of nitrogens with one attached hydrogen (secondary N) is 1. The summed E-state index contributed by atoms with van der Waals surface area (Å²) >= 11 is 12.2. The van der Waals surface area contributed by atoms with E-state index in [1.54, 1.807) is 31.3 Å². The largest absolute Gasteiger partial charge is 0.503 e. The second-order valence-electron chi connectivity index (χ2n) is 8.04. The highest BCUT2D eigenvalue weighted by atomic mass is 35.5. The van der Waals surface area contributed by atoms with Gasteiger partial charge in [0.2, 0.25) is 0 Å². The molecule has 0 saturated carbocycles. The first-order valence-electron chi connectivity index (χ1n) is 11.1. The van der Waals surface area contributed by atoms with Gasteiger partial charge in [-0.15, -0.1) is 5.06 Å². The van der Waals surface area contributed by atoms with Crippen LogP contribution in [0.1, 0.15) is 41.9 Å². The van der Waals surface area contributed by atoms with E-state index in [1.807, 2.05) is 31.2 Å². The Hall–Kier alpha value is -3.33. The topological polar surface area (TPSA) is 101 Å². The van der Waals surface area contributed by atoms with Crippen LogP contribution in [-0.2, 0) is 15.2 Å². The van der Waals surface area contributed by atoms with Gasteiger partial charge in [0.25, 0.3) is 5.91 Å². The minimum absolute atomic E-state index is 0.0868. The van der Waals surface area contributed by atoms with Crippen LogP contribution in [0.5, 0.6) is 11.5 Å². The van der Waals surface area contributed by atoms with Crippen LogP contribution in [0.2, 0.25) is 10.0 Å². The SMILES string of the molecule is CCC(c1ccc(Cl)cc1)(c1ccc(Cl)cc1)N(C)OC(=O)C(C)NC(=O)c1nccc(OC)c1O. The molecule has 0 aliphatic carbocycles. The fourth-order valence-electron chi connectivity index (χ4n) is 4.00. The lowest BCUT2D eigenvalue weighted by Gasteiger charge is -2.41. The van der Waals surface area contributed by atoms with Gasteiger partial charge in [-0.1, -0.05) is 54.4 Å². The van der Waals surface area contributed by atoms with Crippen LogP contribution in [0.25, 0.3) is 0 Å². The number of aromatic hydroxyl groups is 1. The number of methoxy groups -OCH3 is 1. The summed E-state index contributed by atoms with van der Waals surface area (Å²) < 4.78 is 5.00. The Labute approximate surface area is 219 Å². The number of hydrogen-bond acceptors (Lipinski definition) is 7. The number of benzene rings is 2. The predicted molar refractivity (Wildman–Crippen MR) is 137 cm³/mol. The second-order valence-corrected chi connectivity index (χ2v) is 8.91. The third-order valence-electron chi connectivity index (χ3n) is 5.94. The van der Waals surface area contributed by atoms with Crippen molar-refractivity contribution in [3.63, 3.8) is 0 Å². The molecular formula is C26H27Cl2N3O5. The van der Waals surface area contributed by atoms with E-state index >= 15 is 0 Å². The minimum atomic E-state index is -1.06. The summed E-state index contributed by atoms with van der Waals surface area (Å²) in [5, 5.41) is 15.3. The number of halogens is 2. The number of ether oxygens (including phenoxy) is 1. The predicted octanol–water partition coefficient (Wildman–Crippen LogP) is 4.96. The van der Waals surface area contributed by atoms with Gasteiger partial charge in [0.05, 0.1) is 7.11 Å². The third-order valence-corrected chi connectivity index (χ3v) is 6.45. The molecule has 3 aromatic rings. The normalized spacial score (nSPS) is 12.2. The molecule has 0 saturated heterocycles. The van der Waals surface area contributed by atoms with Crippen molar-refractivity contribution >= 4 is 35.1 Å². The van der Waals surface area contributed by atoms with E-state index in [0.29, 0.717) is 16.5 Å². The molecule has 0 aliphatic heterocycles. The molecule has 3 rings (SSSR count). The number of pyridine rings is 1. The quantitative estimate of drug-likeness (QED) is 0.376. The van der Waals surface area contributed by atoms with Crippen molar-refractivity contribution in [3.05, 3.63) is 87.7 Å². The van der Waals surface area contributed by atoms with E-state index < -0.39 is 29.2 Å². The van der Waals surface area contributed by atoms with Crippen molar-refractivity contribution < 1.29 is 24.3 Å². The van der Waals surface area contributed by atoms with Crippen LogP contribution in [0.3, 0.4) is 0 Å². The maximum atomic E-state index is 13.0. The Morgan fingerprint density at radius 1 is 1.06 bits per heavy atom. The number of hydroxylamine groups is 2. The highest BCUT2D eigenvalue weighted by Crippen LogP contribution is 2.39. The summed E-state index contributed by atoms with van der Waals surface area (Å²) in [6.07, 6.45) is 1.85. The number of aromatic nitrogens is 1. The summed E-state index contributed by atoms with van der Waals surface area (Å²) in [5.74, 6) is -1.81. The van der Waals surface area contributed by atoms with Gasteiger partial charge in [0.15, 0.2) is 17.2 Å². The number of carbonyl (C=O) groups is 2. The van der Waals surface area contributed by atoms with E-state index in [0.717, 1.165) is 11.1 Å². The molecule has 2 aromatic carbocycles. The van der Waals surface area contributed by atoms with Crippen LogP contribution in [0.15, 0.2) is 60.8 Å². The molecule has 1 unspecified atom stereocenters. The highest BCUT2D eigenvalue weighted by Gasteiger charge is 2.40. The van der Waals surface area contributed by atoms with Crippen LogP contribution in [0, 0.1) is 0 Å². The van der Waals surface area contributed by atoms with E-state index in [1.165, 1.54) is 31.4 Å². The average Bonchev–Trinajstić information content (AvgIpc) is 2.86. The second kappa shape index (κ2) is 11.6. The number of carbonyl (C=O) groups excluding carboxylic acids is 2.